The molecule has 0 amide bonds. The molecule has 1 N–H and O–H groups in total. The van der Waals surface area contributed by atoms with E-state index >= 15 is 0 Å². The lowest BCUT2D eigenvalue weighted by atomic mass is 10.3. The van der Waals surface area contributed by atoms with Crippen LogP contribution >= 0.6 is 0 Å². The van der Waals surface area contributed by atoms with Gasteiger partial charge in [0, 0.05) is 13.1 Å². The van der Waals surface area contributed by atoms with E-state index in [9.17, 15) is 0 Å². The van der Waals surface area contributed by atoms with Gasteiger partial charge in [-0.05, 0) is 25.9 Å². The SMILES string of the molecule is C#CCNCCN(CCC)CCC. The maximum atomic E-state index is 5.14. The van der Waals surface area contributed by atoms with E-state index in [1.165, 1.54) is 25.9 Å². The largest absolute Gasteiger partial charge is 0.305 e. The molecule has 0 aliphatic rings. The van der Waals surface area contributed by atoms with Crippen LogP contribution in [0.2, 0.25) is 0 Å². The van der Waals surface area contributed by atoms with Gasteiger partial charge in [-0.15, -0.1) is 6.42 Å². The molecule has 13 heavy (non-hydrogen) atoms. The van der Waals surface area contributed by atoms with Crippen molar-refractivity contribution in [2.75, 3.05) is 32.7 Å². The summed E-state index contributed by atoms with van der Waals surface area (Å²) >= 11 is 0. The van der Waals surface area contributed by atoms with Gasteiger partial charge >= 0.3 is 0 Å². The Balaban J connectivity index is 3.39. The van der Waals surface area contributed by atoms with Crippen molar-refractivity contribution in [3.8, 4) is 12.3 Å². The van der Waals surface area contributed by atoms with Crippen LogP contribution in [0, 0.1) is 12.3 Å². The highest BCUT2D eigenvalue weighted by molar-refractivity contribution is 4.86. The van der Waals surface area contributed by atoms with Crippen molar-refractivity contribution < 1.29 is 0 Å². The lowest BCUT2D eigenvalue weighted by Gasteiger charge is -2.20. The Labute approximate surface area is 82.7 Å². The third-order valence-electron chi connectivity index (χ3n) is 1.91. The highest BCUT2D eigenvalue weighted by Crippen LogP contribution is 1.92. The number of hydrogen-bond acceptors (Lipinski definition) is 2. The van der Waals surface area contributed by atoms with Crippen LogP contribution in [0.15, 0.2) is 0 Å². The fraction of sp³-hybridized carbons (Fsp3) is 0.818. The van der Waals surface area contributed by atoms with Crippen molar-refractivity contribution in [3.05, 3.63) is 0 Å². The lowest BCUT2D eigenvalue weighted by molar-refractivity contribution is 0.275. The van der Waals surface area contributed by atoms with E-state index in [1.54, 1.807) is 0 Å². The molecule has 0 aromatic carbocycles. The molecular formula is C11H22N2. The number of terminal acetylenes is 1. The molecule has 0 atom stereocenters. The number of nitrogens with zero attached hydrogens (tertiary/aromatic N) is 1. The summed E-state index contributed by atoms with van der Waals surface area (Å²) in [5, 5.41) is 3.20. The van der Waals surface area contributed by atoms with E-state index in [1.807, 2.05) is 0 Å². The van der Waals surface area contributed by atoms with Crippen molar-refractivity contribution >= 4 is 0 Å². The number of rotatable bonds is 8. The molecule has 0 rings (SSSR count). The topological polar surface area (TPSA) is 15.3 Å². The quantitative estimate of drug-likeness (QED) is 0.450. The summed E-state index contributed by atoms with van der Waals surface area (Å²) in [5.74, 6) is 2.58. The number of nitrogens with one attached hydrogen (secondary N) is 1. The van der Waals surface area contributed by atoms with Crippen molar-refractivity contribution in [1.29, 1.82) is 0 Å². The predicted octanol–water partition coefficient (Wildman–Crippen LogP) is 1.33. The summed E-state index contributed by atoms with van der Waals surface area (Å²) in [6.07, 6.45) is 7.60. The zero-order valence-electron chi connectivity index (χ0n) is 8.97. The Morgan fingerprint density at radius 1 is 1.15 bits per heavy atom. The molecule has 76 valence electrons. The Bertz CT molecular complexity index is 132. The summed E-state index contributed by atoms with van der Waals surface area (Å²) in [7, 11) is 0. The lowest BCUT2D eigenvalue weighted by Crippen LogP contribution is -2.33. The van der Waals surface area contributed by atoms with Gasteiger partial charge in [0.1, 0.15) is 0 Å². The van der Waals surface area contributed by atoms with Gasteiger partial charge in [0.2, 0.25) is 0 Å². The summed E-state index contributed by atoms with van der Waals surface area (Å²) < 4.78 is 0. The van der Waals surface area contributed by atoms with Gasteiger partial charge in [0.15, 0.2) is 0 Å². The van der Waals surface area contributed by atoms with Crippen molar-refractivity contribution in [2.24, 2.45) is 0 Å². The Hall–Kier alpha value is -0.520. The molecule has 0 aliphatic heterocycles. The monoisotopic (exact) mass is 182 g/mol. The summed E-state index contributed by atoms with van der Waals surface area (Å²) in [5.41, 5.74) is 0. The van der Waals surface area contributed by atoms with Gasteiger partial charge in [0.05, 0.1) is 6.54 Å². The maximum Gasteiger partial charge on any atom is 0.0574 e. The van der Waals surface area contributed by atoms with Gasteiger partial charge in [-0.25, -0.2) is 0 Å². The second-order valence-corrected chi connectivity index (χ2v) is 3.22. The highest BCUT2D eigenvalue weighted by atomic mass is 15.1. The van der Waals surface area contributed by atoms with Crippen LogP contribution in [0.3, 0.4) is 0 Å². The van der Waals surface area contributed by atoms with Crippen LogP contribution in [-0.2, 0) is 0 Å². The minimum absolute atomic E-state index is 0.687. The first-order chi connectivity index (χ1) is 6.35. The minimum Gasteiger partial charge on any atom is -0.305 e. The first-order valence-corrected chi connectivity index (χ1v) is 5.21. The molecule has 0 saturated heterocycles. The average molecular weight is 182 g/mol. The van der Waals surface area contributed by atoms with E-state index in [0.717, 1.165) is 13.1 Å². The molecule has 0 unspecified atom stereocenters. The molecule has 0 spiro atoms. The fourth-order valence-electron chi connectivity index (χ4n) is 1.37. The molecule has 0 aliphatic carbocycles. The molecule has 2 heteroatoms. The second kappa shape index (κ2) is 9.57. The van der Waals surface area contributed by atoms with Crippen LogP contribution < -0.4 is 5.32 Å². The molecule has 0 aromatic heterocycles. The molecule has 0 radical (unpaired) electrons. The van der Waals surface area contributed by atoms with Gasteiger partial charge in [-0.1, -0.05) is 19.8 Å². The Kier molecular flexibility index (Phi) is 9.18. The van der Waals surface area contributed by atoms with Crippen LogP contribution in [0.25, 0.3) is 0 Å². The third-order valence-corrected chi connectivity index (χ3v) is 1.91. The first-order valence-electron chi connectivity index (χ1n) is 5.21. The maximum absolute atomic E-state index is 5.14. The Morgan fingerprint density at radius 2 is 1.77 bits per heavy atom. The predicted molar refractivity (Wildman–Crippen MR) is 58.7 cm³/mol. The normalized spacial score (nSPS) is 10.3. The van der Waals surface area contributed by atoms with Crippen LogP contribution in [0.5, 0.6) is 0 Å². The van der Waals surface area contributed by atoms with Crippen LogP contribution in [0.4, 0.5) is 0 Å². The second-order valence-electron chi connectivity index (χ2n) is 3.22. The van der Waals surface area contributed by atoms with Crippen molar-refractivity contribution in [3.63, 3.8) is 0 Å². The van der Waals surface area contributed by atoms with Gasteiger partial charge in [-0.2, -0.15) is 0 Å². The molecule has 0 bridgehead atoms. The average Bonchev–Trinajstić information content (AvgIpc) is 2.13. The van der Waals surface area contributed by atoms with Gasteiger partial charge in [-0.3, -0.25) is 0 Å². The van der Waals surface area contributed by atoms with Gasteiger partial charge < -0.3 is 10.2 Å². The van der Waals surface area contributed by atoms with Gasteiger partial charge in [0.25, 0.3) is 0 Å². The highest BCUT2D eigenvalue weighted by Gasteiger charge is 2.00. The zero-order chi connectivity index (χ0) is 9.94. The van der Waals surface area contributed by atoms with Crippen LogP contribution in [0.1, 0.15) is 26.7 Å². The minimum atomic E-state index is 0.687. The molecule has 0 saturated carbocycles. The number of hydrogen-bond donors (Lipinski definition) is 1. The van der Waals surface area contributed by atoms with E-state index < -0.39 is 0 Å². The molecule has 2 nitrogen and oxygen atoms in total. The third kappa shape index (κ3) is 7.83. The zero-order valence-corrected chi connectivity index (χ0v) is 8.97. The molecule has 0 aromatic rings. The smallest absolute Gasteiger partial charge is 0.0574 e. The van der Waals surface area contributed by atoms with E-state index in [-0.39, 0.29) is 0 Å². The van der Waals surface area contributed by atoms with E-state index in [4.69, 9.17) is 6.42 Å². The van der Waals surface area contributed by atoms with Crippen molar-refractivity contribution in [1.82, 2.24) is 10.2 Å². The summed E-state index contributed by atoms with van der Waals surface area (Å²) in [4.78, 5) is 2.48. The van der Waals surface area contributed by atoms with Crippen LogP contribution in [-0.4, -0.2) is 37.6 Å². The standard InChI is InChI=1S/C11H22N2/c1-4-7-12-8-11-13(9-5-2)10-6-3/h1,12H,5-11H2,2-3H3. The molecule has 0 fully saturated rings. The summed E-state index contributed by atoms with van der Waals surface area (Å²) in [6.45, 7) is 9.64. The fourth-order valence-corrected chi connectivity index (χ4v) is 1.37. The summed E-state index contributed by atoms with van der Waals surface area (Å²) in [6, 6.07) is 0. The molecular weight excluding hydrogens is 160 g/mol. The first kappa shape index (κ1) is 12.5. The van der Waals surface area contributed by atoms with E-state index in [0.29, 0.717) is 6.54 Å². The van der Waals surface area contributed by atoms with Crippen molar-refractivity contribution in [2.45, 2.75) is 26.7 Å². The van der Waals surface area contributed by atoms with E-state index in [2.05, 4.69) is 30.0 Å². The molecule has 0 heterocycles. The Morgan fingerprint density at radius 3 is 2.23 bits per heavy atom.